The zero-order valence-electron chi connectivity index (χ0n) is 12.9. The summed E-state index contributed by atoms with van der Waals surface area (Å²) in [7, 11) is 0. The summed E-state index contributed by atoms with van der Waals surface area (Å²) in [6.07, 6.45) is 0. The number of halogens is 2. The van der Waals surface area contributed by atoms with Crippen molar-refractivity contribution in [3.8, 4) is 11.6 Å². The molecule has 0 N–H and O–H groups in total. The Bertz CT molecular complexity index is 619. The predicted octanol–water partition coefficient (Wildman–Crippen LogP) is 4.71. The molecule has 2 aromatic rings. The van der Waals surface area contributed by atoms with E-state index in [9.17, 15) is 8.78 Å². The summed E-state index contributed by atoms with van der Waals surface area (Å²) < 4.78 is 37.9. The first-order valence-corrected chi connectivity index (χ1v) is 7.01. The molecule has 1 heterocycles. The van der Waals surface area contributed by atoms with E-state index in [1.165, 1.54) is 6.07 Å². The van der Waals surface area contributed by atoms with E-state index in [2.05, 4.69) is 25.8 Å². The SMILES string of the molecule is CC(C)(C)COCc1cccc(Oc2c(F)cccc2F)n1. The second-order valence-corrected chi connectivity index (χ2v) is 6.17. The number of pyridine rings is 1. The summed E-state index contributed by atoms with van der Waals surface area (Å²) >= 11 is 0. The van der Waals surface area contributed by atoms with Crippen LogP contribution < -0.4 is 4.74 Å². The molecule has 0 saturated heterocycles. The van der Waals surface area contributed by atoms with Crippen molar-refractivity contribution in [3.05, 3.63) is 53.7 Å². The van der Waals surface area contributed by atoms with Crippen LogP contribution in [0.3, 0.4) is 0 Å². The van der Waals surface area contributed by atoms with Crippen LogP contribution in [-0.4, -0.2) is 11.6 Å². The molecule has 0 aliphatic heterocycles. The number of aromatic nitrogens is 1. The van der Waals surface area contributed by atoms with Crippen molar-refractivity contribution in [2.45, 2.75) is 27.4 Å². The van der Waals surface area contributed by atoms with Crippen molar-refractivity contribution in [3.63, 3.8) is 0 Å². The quantitative estimate of drug-likeness (QED) is 0.801. The highest BCUT2D eigenvalue weighted by molar-refractivity contribution is 5.30. The number of hydrogen-bond donors (Lipinski definition) is 0. The highest BCUT2D eigenvalue weighted by Gasteiger charge is 2.13. The Morgan fingerprint density at radius 2 is 1.64 bits per heavy atom. The molecule has 0 spiro atoms. The molecule has 0 radical (unpaired) electrons. The summed E-state index contributed by atoms with van der Waals surface area (Å²) in [5.41, 5.74) is 0.697. The van der Waals surface area contributed by atoms with Gasteiger partial charge in [-0.05, 0) is 23.6 Å². The molecule has 0 fully saturated rings. The molecule has 3 nitrogen and oxygen atoms in total. The van der Waals surface area contributed by atoms with Crippen LogP contribution in [0.5, 0.6) is 11.6 Å². The van der Waals surface area contributed by atoms with Gasteiger partial charge in [0.25, 0.3) is 0 Å². The molecule has 0 aliphatic rings. The zero-order chi connectivity index (χ0) is 16.2. The molecule has 0 aliphatic carbocycles. The number of rotatable bonds is 5. The summed E-state index contributed by atoms with van der Waals surface area (Å²) in [6, 6.07) is 8.56. The van der Waals surface area contributed by atoms with Gasteiger partial charge in [0, 0.05) is 6.07 Å². The van der Waals surface area contributed by atoms with Crippen LogP contribution in [-0.2, 0) is 11.3 Å². The third kappa shape index (κ3) is 4.77. The average Bonchev–Trinajstić information content (AvgIpc) is 2.42. The molecule has 0 bridgehead atoms. The lowest BCUT2D eigenvalue weighted by Crippen LogP contribution is -2.14. The fourth-order valence-electron chi connectivity index (χ4n) is 1.74. The van der Waals surface area contributed by atoms with Crippen LogP contribution in [0.2, 0.25) is 0 Å². The van der Waals surface area contributed by atoms with E-state index >= 15 is 0 Å². The Labute approximate surface area is 128 Å². The van der Waals surface area contributed by atoms with Crippen LogP contribution in [0.1, 0.15) is 26.5 Å². The molecule has 118 valence electrons. The maximum atomic E-state index is 13.6. The first-order valence-electron chi connectivity index (χ1n) is 7.01. The van der Waals surface area contributed by atoms with Gasteiger partial charge in [0.1, 0.15) is 0 Å². The van der Waals surface area contributed by atoms with Crippen molar-refractivity contribution in [1.82, 2.24) is 4.98 Å². The second-order valence-electron chi connectivity index (χ2n) is 6.17. The lowest BCUT2D eigenvalue weighted by molar-refractivity contribution is 0.0579. The van der Waals surface area contributed by atoms with Gasteiger partial charge < -0.3 is 9.47 Å². The van der Waals surface area contributed by atoms with E-state index in [0.29, 0.717) is 18.9 Å². The van der Waals surface area contributed by atoms with Gasteiger partial charge in [-0.2, -0.15) is 0 Å². The van der Waals surface area contributed by atoms with Gasteiger partial charge in [0.15, 0.2) is 11.6 Å². The zero-order valence-corrected chi connectivity index (χ0v) is 12.9. The highest BCUT2D eigenvalue weighted by Crippen LogP contribution is 2.26. The fourth-order valence-corrected chi connectivity index (χ4v) is 1.74. The van der Waals surface area contributed by atoms with Crippen LogP contribution in [0.4, 0.5) is 8.78 Å². The van der Waals surface area contributed by atoms with E-state index in [-0.39, 0.29) is 11.3 Å². The first kappa shape index (κ1) is 16.4. The molecule has 0 amide bonds. The summed E-state index contributed by atoms with van der Waals surface area (Å²) in [5.74, 6) is -1.86. The third-order valence-corrected chi connectivity index (χ3v) is 2.69. The summed E-state index contributed by atoms with van der Waals surface area (Å²) in [4.78, 5) is 4.19. The minimum absolute atomic E-state index is 0.0599. The average molecular weight is 307 g/mol. The fraction of sp³-hybridized carbons (Fsp3) is 0.353. The second kappa shape index (κ2) is 6.83. The highest BCUT2D eigenvalue weighted by atomic mass is 19.1. The lowest BCUT2D eigenvalue weighted by atomic mass is 9.99. The lowest BCUT2D eigenvalue weighted by Gasteiger charge is -2.17. The number of para-hydroxylation sites is 1. The molecule has 5 heteroatoms. The van der Waals surface area contributed by atoms with Crippen molar-refractivity contribution in [2.24, 2.45) is 5.41 Å². The van der Waals surface area contributed by atoms with Crippen LogP contribution in [0.25, 0.3) is 0 Å². The van der Waals surface area contributed by atoms with Gasteiger partial charge in [-0.1, -0.05) is 32.9 Å². The van der Waals surface area contributed by atoms with E-state index in [0.717, 1.165) is 12.1 Å². The van der Waals surface area contributed by atoms with Crippen molar-refractivity contribution in [1.29, 1.82) is 0 Å². The van der Waals surface area contributed by atoms with Gasteiger partial charge in [0.05, 0.1) is 18.9 Å². The van der Waals surface area contributed by atoms with Crippen molar-refractivity contribution < 1.29 is 18.3 Å². The smallest absolute Gasteiger partial charge is 0.219 e. The molecular weight excluding hydrogens is 288 g/mol. The molecule has 2 rings (SSSR count). The Balaban J connectivity index is 2.05. The van der Waals surface area contributed by atoms with E-state index in [1.807, 2.05) is 0 Å². The van der Waals surface area contributed by atoms with Crippen molar-refractivity contribution in [2.75, 3.05) is 6.61 Å². The predicted molar refractivity (Wildman–Crippen MR) is 79.8 cm³/mol. The molecule has 0 atom stereocenters. The van der Waals surface area contributed by atoms with E-state index in [4.69, 9.17) is 9.47 Å². The third-order valence-electron chi connectivity index (χ3n) is 2.69. The van der Waals surface area contributed by atoms with Gasteiger partial charge in [-0.15, -0.1) is 0 Å². The Kier molecular flexibility index (Phi) is 5.08. The normalized spacial score (nSPS) is 11.5. The largest absolute Gasteiger partial charge is 0.433 e. The standard InChI is InChI=1S/C17H19F2NO2/c1-17(2,3)11-21-10-12-6-4-9-15(20-12)22-16-13(18)7-5-8-14(16)19/h4-9H,10-11H2,1-3H3. The van der Waals surface area contributed by atoms with E-state index < -0.39 is 17.4 Å². The molecular formula is C17H19F2NO2. The number of ether oxygens (including phenoxy) is 2. The van der Waals surface area contributed by atoms with Gasteiger partial charge in [-0.3, -0.25) is 0 Å². The Morgan fingerprint density at radius 1 is 1.00 bits per heavy atom. The maximum absolute atomic E-state index is 13.6. The van der Waals surface area contributed by atoms with Crippen LogP contribution in [0, 0.1) is 17.0 Å². The van der Waals surface area contributed by atoms with E-state index in [1.54, 1.807) is 18.2 Å². The number of nitrogens with zero attached hydrogens (tertiary/aromatic N) is 1. The number of hydrogen-bond acceptors (Lipinski definition) is 3. The molecule has 1 aromatic heterocycles. The van der Waals surface area contributed by atoms with Gasteiger partial charge >= 0.3 is 0 Å². The minimum atomic E-state index is -0.767. The van der Waals surface area contributed by atoms with Crippen LogP contribution >= 0.6 is 0 Å². The molecule has 0 unspecified atom stereocenters. The molecule has 0 saturated carbocycles. The van der Waals surface area contributed by atoms with Crippen molar-refractivity contribution >= 4 is 0 Å². The molecule has 1 aromatic carbocycles. The minimum Gasteiger partial charge on any atom is -0.433 e. The molecule has 22 heavy (non-hydrogen) atoms. The van der Waals surface area contributed by atoms with Gasteiger partial charge in [-0.25, -0.2) is 13.8 Å². The topological polar surface area (TPSA) is 31.4 Å². The summed E-state index contributed by atoms with van der Waals surface area (Å²) in [6.45, 7) is 7.11. The first-order chi connectivity index (χ1) is 10.3. The number of benzene rings is 1. The maximum Gasteiger partial charge on any atom is 0.219 e. The van der Waals surface area contributed by atoms with Gasteiger partial charge in [0.2, 0.25) is 11.6 Å². The Hall–Kier alpha value is -2.01. The monoisotopic (exact) mass is 307 g/mol. The van der Waals surface area contributed by atoms with Crippen LogP contribution in [0.15, 0.2) is 36.4 Å². The Morgan fingerprint density at radius 3 is 2.27 bits per heavy atom. The summed E-state index contributed by atoms with van der Waals surface area (Å²) in [5, 5.41) is 0.